The standard InChI is InChI=1S/C30H25FN2O5S/c1-37-29-17-14-25(18-27(29)31)33-28(21-38-30(33)34)24-12-15-26(16-13-24)39(35,36)32(19-22-8-4-2-5-9-22)20-23-10-6-3-7-11-23/h2-18,21H,19-20H2,1H3. The largest absolute Gasteiger partial charge is 0.494 e. The van der Waals surface area contributed by atoms with Crippen LogP contribution in [0.15, 0.2) is 123 Å². The van der Waals surface area contributed by atoms with E-state index in [0.29, 0.717) is 11.3 Å². The fourth-order valence-corrected chi connectivity index (χ4v) is 5.71. The van der Waals surface area contributed by atoms with Gasteiger partial charge in [-0.05, 0) is 35.4 Å². The minimum absolute atomic E-state index is 0.0435. The molecule has 0 unspecified atom stereocenters. The van der Waals surface area contributed by atoms with Crippen LogP contribution in [0.3, 0.4) is 0 Å². The molecule has 0 amide bonds. The Labute approximate surface area is 225 Å². The van der Waals surface area contributed by atoms with Crippen molar-refractivity contribution < 1.29 is 22.0 Å². The van der Waals surface area contributed by atoms with Crippen molar-refractivity contribution in [2.75, 3.05) is 7.11 Å². The first-order valence-corrected chi connectivity index (χ1v) is 13.5. The third-order valence-electron chi connectivity index (χ3n) is 6.28. The van der Waals surface area contributed by atoms with E-state index < -0.39 is 21.6 Å². The van der Waals surface area contributed by atoms with Gasteiger partial charge in [0.2, 0.25) is 10.0 Å². The average Bonchev–Trinajstić information content (AvgIpc) is 3.35. The van der Waals surface area contributed by atoms with Crippen LogP contribution in [0.25, 0.3) is 16.9 Å². The number of halogens is 1. The lowest BCUT2D eigenvalue weighted by atomic mass is 10.1. The Morgan fingerprint density at radius 2 is 1.44 bits per heavy atom. The number of aromatic nitrogens is 1. The molecule has 9 heteroatoms. The zero-order valence-electron chi connectivity index (χ0n) is 21.0. The molecule has 0 saturated heterocycles. The normalized spacial score (nSPS) is 11.6. The number of oxazole rings is 1. The lowest BCUT2D eigenvalue weighted by Crippen LogP contribution is -2.30. The first-order valence-electron chi connectivity index (χ1n) is 12.1. The van der Waals surface area contributed by atoms with Crippen LogP contribution in [0.2, 0.25) is 0 Å². The van der Waals surface area contributed by atoms with E-state index in [9.17, 15) is 17.6 Å². The zero-order chi connectivity index (χ0) is 27.4. The molecular formula is C30H25FN2O5S. The van der Waals surface area contributed by atoms with Crippen molar-refractivity contribution >= 4 is 10.0 Å². The maximum absolute atomic E-state index is 14.3. The molecule has 1 aromatic heterocycles. The van der Waals surface area contributed by atoms with E-state index in [1.54, 1.807) is 12.1 Å². The molecule has 0 aliphatic carbocycles. The Hall–Kier alpha value is -4.47. The summed E-state index contributed by atoms with van der Waals surface area (Å²) in [6, 6.07) is 29.1. The summed E-state index contributed by atoms with van der Waals surface area (Å²) in [6.07, 6.45) is 1.26. The highest BCUT2D eigenvalue weighted by molar-refractivity contribution is 7.89. The van der Waals surface area contributed by atoms with Gasteiger partial charge in [0.25, 0.3) is 0 Å². The Morgan fingerprint density at radius 3 is 1.97 bits per heavy atom. The van der Waals surface area contributed by atoms with E-state index in [2.05, 4.69) is 0 Å². The number of rotatable bonds is 9. The second kappa shape index (κ2) is 11.1. The van der Waals surface area contributed by atoms with Crippen LogP contribution < -0.4 is 10.5 Å². The summed E-state index contributed by atoms with van der Waals surface area (Å²) in [5, 5.41) is 0. The average molecular weight is 545 g/mol. The van der Waals surface area contributed by atoms with Gasteiger partial charge in [0, 0.05) is 24.7 Å². The summed E-state index contributed by atoms with van der Waals surface area (Å²) in [4.78, 5) is 12.6. The smallest absolute Gasteiger partial charge is 0.424 e. The van der Waals surface area contributed by atoms with Crippen molar-refractivity contribution in [1.29, 1.82) is 0 Å². The van der Waals surface area contributed by atoms with Crippen LogP contribution in [0, 0.1) is 5.82 Å². The van der Waals surface area contributed by atoms with Crippen molar-refractivity contribution in [2.45, 2.75) is 18.0 Å². The molecule has 0 aliphatic rings. The van der Waals surface area contributed by atoms with E-state index in [4.69, 9.17) is 9.15 Å². The highest BCUT2D eigenvalue weighted by Gasteiger charge is 2.25. The molecule has 0 saturated carbocycles. The Bertz CT molecular complexity index is 1690. The third kappa shape index (κ3) is 5.55. The molecule has 5 rings (SSSR count). The minimum atomic E-state index is -3.89. The third-order valence-corrected chi connectivity index (χ3v) is 8.09. The van der Waals surface area contributed by atoms with Crippen LogP contribution in [0.4, 0.5) is 4.39 Å². The molecule has 198 valence electrons. The molecule has 0 aliphatic heterocycles. The molecule has 7 nitrogen and oxygen atoms in total. The number of benzene rings is 4. The summed E-state index contributed by atoms with van der Waals surface area (Å²) in [5.74, 6) is -1.29. The van der Waals surface area contributed by atoms with Crippen molar-refractivity contribution in [3.05, 3.63) is 137 Å². The second-order valence-electron chi connectivity index (χ2n) is 8.81. The van der Waals surface area contributed by atoms with Gasteiger partial charge in [0.05, 0.1) is 23.4 Å². The van der Waals surface area contributed by atoms with Crippen LogP contribution >= 0.6 is 0 Å². The topological polar surface area (TPSA) is 81.8 Å². The molecule has 0 radical (unpaired) electrons. The van der Waals surface area contributed by atoms with E-state index in [-0.39, 0.29) is 29.4 Å². The first kappa shape index (κ1) is 26.1. The van der Waals surface area contributed by atoms with Crippen LogP contribution in [0.5, 0.6) is 5.75 Å². The zero-order valence-corrected chi connectivity index (χ0v) is 21.8. The monoisotopic (exact) mass is 544 g/mol. The lowest BCUT2D eigenvalue weighted by molar-refractivity contribution is 0.386. The number of nitrogens with zero attached hydrogens (tertiary/aromatic N) is 2. The van der Waals surface area contributed by atoms with Crippen molar-refractivity contribution in [3.63, 3.8) is 0 Å². The van der Waals surface area contributed by atoms with Gasteiger partial charge in [-0.15, -0.1) is 0 Å². The van der Waals surface area contributed by atoms with E-state index >= 15 is 0 Å². The predicted molar refractivity (Wildman–Crippen MR) is 146 cm³/mol. The van der Waals surface area contributed by atoms with E-state index in [1.807, 2.05) is 60.7 Å². The fraction of sp³-hybridized carbons (Fsp3) is 0.100. The number of methoxy groups -OCH3 is 1. The summed E-state index contributed by atoms with van der Waals surface area (Å²) < 4.78 is 54.6. The minimum Gasteiger partial charge on any atom is -0.494 e. The first-order chi connectivity index (χ1) is 18.9. The number of ether oxygens (including phenoxy) is 1. The number of hydrogen-bond acceptors (Lipinski definition) is 5. The number of hydrogen-bond donors (Lipinski definition) is 0. The molecule has 1 heterocycles. The van der Waals surface area contributed by atoms with E-state index in [0.717, 1.165) is 11.1 Å². The number of sulfonamides is 1. The van der Waals surface area contributed by atoms with Gasteiger partial charge < -0.3 is 9.15 Å². The molecule has 4 aromatic carbocycles. The molecule has 5 aromatic rings. The quantitative estimate of drug-likeness (QED) is 0.240. The molecule has 0 fully saturated rings. The Morgan fingerprint density at radius 1 is 0.846 bits per heavy atom. The summed E-state index contributed by atoms with van der Waals surface area (Å²) >= 11 is 0. The second-order valence-corrected chi connectivity index (χ2v) is 10.7. The van der Waals surface area contributed by atoms with Crippen molar-refractivity contribution in [3.8, 4) is 22.7 Å². The van der Waals surface area contributed by atoms with Crippen LogP contribution in [-0.4, -0.2) is 24.4 Å². The van der Waals surface area contributed by atoms with Gasteiger partial charge >= 0.3 is 5.76 Å². The van der Waals surface area contributed by atoms with Crippen molar-refractivity contribution in [2.24, 2.45) is 0 Å². The van der Waals surface area contributed by atoms with E-state index in [1.165, 1.54) is 52.6 Å². The summed E-state index contributed by atoms with van der Waals surface area (Å²) in [6.45, 7) is 0.397. The highest BCUT2D eigenvalue weighted by atomic mass is 32.2. The van der Waals surface area contributed by atoms with Gasteiger partial charge in [-0.1, -0.05) is 72.8 Å². The molecular weight excluding hydrogens is 519 g/mol. The van der Waals surface area contributed by atoms with Gasteiger partial charge in [0.1, 0.15) is 6.26 Å². The van der Waals surface area contributed by atoms with Crippen molar-refractivity contribution in [1.82, 2.24) is 8.87 Å². The van der Waals surface area contributed by atoms with Gasteiger partial charge in [-0.25, -0.2) is 22.2 Å². The SMILES string of the molecule is COc1ccc(-n2c(-c3ccc(S(=O)(=O)N(Cc4ccccc4)Cc4ccccc4)cc3)coc2=O)cc1F. The predicted octanol–water partition coefficient (Wildman–Crippen LogP) is 5.64. The van der Waals surface area contributed by atoms with Gasteiger partial charge in [-0.2, -0.15) is 4.31 Å². The summed E-state index contributed by atoms with van der Waals surface area (Å²) in [7, 11) is -2.54. The van der Waals surface area contributed by atoms with Crippen LogP contribution in [0.1, 0.15) is 11.1 Å². The molecule has 0 spiro atoms. The fourth-order valence-electron chi connectivity index (χ4n) is 4.29. The lowest BCUT2D eigenvalue weighted by Gasteiger charge is -2.23. The summed E-state index contributed by atoms with van der Waals surface area (Å²) in [5.41, 5.74) is 2.84. The maximum atomic E-state index is 14.3. The Kier molecular flexibility index (Phi) is 7.44. The Balaban J connectivity index is 1.48. The highest BCUT2D eigenvalue weighted by Crippen LogP contribution is 2.28. The van der Waals surface area contributed by atoms with Crippen LogP contribution in [-0.2, 0) is 23.1 Å². The van der Waals surface area contributed by atoms with Gasteiger partial charge in [0.15, 0.2) is 11.6 Å². The van der Waals surface area contributed by atoms with Gasteiger partial charge in [-0.3, -0.25) is 0 Å². The molecule has 39 heavy (non-hydrogen) atoms. The molecule has 0 bridgehead atoms. The molecule has 0 N–H and O–H groups in total. The molecule has 0 atom stereocenters. The maximum Gasteiger partial charge on any atom is 0.424 e.